The minimum absolute atomic E-state index is 0.1000. The summed E-state index contributed by atoms with van der Waals surface area (Å²) in [6.07, 6.45) is 3.13. The van der Waals surface area contributed by atoms with Crippen molar-refractivity contribution in [2.24, 2.45) is 0 Å². The van der Waals surface area contributed by atoms with E-state index in [1.807, 2.05) is 6.07 Å². The van der Waals surface area contributed by atoms with E-state index in [2.05, 4.69) is 32.4 Å². The first-order valence-electron chi connectivity index (χ1n) is 10.7. The predicted molar refractivity (Wildman–Crippen MR) is 115 cm³/mol. The number of methoxy groups -OCH3 is 2. The number of benzene rings is 1. The van der Waals surface area contributed by atoms with Crippen LogP contribution in [0.2, 0.25) is 0 Å². The number of nitrogens with zero attached hydrogens (tertiary/aromatic N) is 4. The average molecular weight is 441 g/mol. The summed E-state index contributed by atoms with van der Waals surface area (Å²) in [6, 6.07) is 6.28. The van der Waals surface area contributed by atoms with E-state index in [1.54, 1.807) is 18.0 Å². The number of anilines is 1. The topological polar surface area (TPSA) is 124 Å². The Morgan fingerprint density at radius 2 is 2.12 bits per heavy atom. The second-order valence-corrected chi connectivity index (χ2v) is 8.14. The predicted octanol–water partition coefficient (Wildman–Crippen LogP) is 1.59. The van der Waals surface area contributed by atoms with Crippen LogP contribution in [0.15, 0.2) is 30.9 Å². The third-order valence-electron chi connectivity index (χ3n) is 6.37. The van der Waals surface area contributed by atoms with Crippen molar-refractivity contribution in [2.75, 3.05) is 26.1 Å². The molecule has 0 radical (unpaired) electrons. The maximum absolute atomic E-state index is 10.4. The van der Waals surface area contributed by atoms with E-state index in [1.165, 1.54) is 24.6 Å². The number of aliphatic hydroxyl groups is 2. The van der Waals surface area contributed by atoms with Crippen molar-refractivity contribution < 1.29 is 24.4 Å². The lowest BCUT2D eigenvalue weighted by atomic mass is 9.87. The number of hydrogen-bond donors (Lipinski definition) is 3. The van der Waals surface area contributed by atoms with Gasteiger partial charge in [-0.25, -0.2) is 15.0 Å². The Kier molecular flexibility index (Phi) is 5.68. The fraction of sp³-hybridized carbons (Fsp3) is 0.500. The third kappa shape index (κ3) is 3.49. The van der Waals surface area contributed by atoms with Crippen LogP contribution in [-0.4, -0.2) is 68.9 Å². The Morgan fingerprint density at radius 1 is 1.25 bits per heavy atom. The van der Waals surface area contributed by atoms with Crippen LogP contribution in [0.5, 0.6) is 5.75 Å². The van der Waals surface area contributed by atoms with Gasteiger partial charge in [0.2, 0.25) is 0 Å². The molecule has 1 fully saturated rings. The number of nitrogens with one attached hydrogen (secondary N) is 1. The molecule has 3 N–H and O–H groups in total. The standard InChI is InChI=1S/C22H27N5O5/c1-30-13-6-7-14-12(8-13)4-3-5-15(14)26-20-17-21(24-10-23-20)27(11-25-17)22-19(31-2)18(29)16(9-28)32-22/h6-8,10-11,15-16,18-19,22,28-29H,3-5,9H2,1-2H3,(H,23,24,26)/t15?,16-,18-,19-,22-/m1/s1. The molecule has 0 amide bonds. The summed E-state index contributed by atoms with van der Waals surface area (Å²) in [4.78, 5) is 13.4. The number of imidazole rings is 1. The van der Waals surface area contributed by atoms with Crippen LogP contribution < -0.4 is 10.1 Å². The Hall–Kier alpha value is -2.79. The Bertz CT molecular complexity index is 1110. The van der Waals surface area contributed by atoms with Gasteiger partial charge in [0.15, 0.2) is 23.2 Å². The first kappa shape index (κ1) is 21.1. The summed E-state index contributed by atoms with van der Waals surface area (Å²) in [7, 11) is 3.18. The summed E-state index contributed by atoms with van der Waals surface area (Å²) in [5.74, 6) is 1.49. The van der Waals surface area contributed by atoms with E-state index in [4.69, 9.17) is 14.2 Å². The molecule has 1 unspecified atom stereocenters. The van der Waals surface area contributed by atoms with Gasteiger partial charge < -0.3 is 29.7 Å². The van der Waals surface area contributed by atoms with E-state index in [0.717, 1.165) is 25.0 Å². The Labute approximate surface area is 185 Å². The number of aryl methyl sites for hydroxylation is 1. The molecule has 10 heteroatoms. The van der Waals surface area contributed by atoms with E-state index in [-0.39, 0.29) is 12.6 Å². The van der Waals surface area contributed by atoms with Gasteiger partial charge in [0.25, 0.3) is 0 Å². The molecule has 2 aliphatic rings. The normalized spacial score (nSPS) is 27.4. The zero-order valence-electron chi connectivity index (χ0n) is 18.0. The minimum atomic E-state index is -0.956. The number of hydrogen-bond acceptors (Lipinski definition) is 9. The molecule has 5 atom stereocenters. The zero-order valence-corrected chi connectivity index (χ0v) is 18.0. The number of rotatable bonds is 6. The molecule has 5 rings (SSSR count). The van der Waals surface area contributed by atoms with Crippen molar-refractivity contribution in [3.63, 3.8) is 0 Å². The van der Waals surface area contributed by atoms with Crippen LogP contribution in [0.3, 0.4) is 0 Å². The van der Waals surface area contributed by atoms with Crippen LogP contribution in [0.25, 0.3) is 11.2 Å². The fourth-order valence-corrected chi connectivity index (χ4v) is 4.72. The minimum Gasteiger partial charge on any atom is -0.497 e. The van der Waals surface area contributed by atoms with E-state index in [0.29, 0.717) is 17.0 Å². The second kappa shape index (κ2) is 8.62. The molecule has 3 aromatic rings. The Balaban J connectivity index is 1.46. The number of aromatic nitrogens is 4. The molecule has 1 aliphatic carbocycles. The molecule has 0 saturated carbocycles. The molecule has 170 valence electrons. The lowest BCUT2D eigenvalue weighted by molar-refractivity contribution is -0.0583. The van der Waals surface area contributed by atoms with Crippen molar-refractivity contribution in [2.45, 2.75) is 49.8 Å². The monoisotopic (exact) mass is 441 g/mol. The van der Waals surface area contributed by atoms with Crippen molar-refractivity contribution in [1.29, 1.82) is 0 Å². The summed E-state index contributed by atoms with van der Waals surface area (Å²) < 4.78 is 18.4. The van der Waals surface area contributed by atoms with Crippen LogP contribution in [-0.2, 0) is 15.9 Å². The third-order valence-corrected chi connectivity index (χ3v) is 6.37. The molecular formula is C22H27N5O5. The summed E-state index contributed by atoms with van der Waals surface area (Å²) >= 11 is 0. The van der Waals surface area contributed by atoms with Gasteiger partial charge in [-0.1, -0.05) is 6.07 Å². The van der Waals surface area contributed by atoms with Crippen molar-refractivity contribution in [3.8, 4) is 5.75 Å². The quantitative estimate of drug-likeness (QED) is 0.523. The summed E-state index contributed by atoms with van der Waals surface area (Å²) in [5.41, 5.74) is 3.67. The van der Waals surface area contributed by atoms with E-state index < -0.39 is 24.5 Å². The highest BCUT2D eigenvalue weighted by Crippen LogP contribution is 2.37. The highest BCUT2D eigenvalue weighted by Gasteiger charge is 2.45. The highest BCUT2D eigenvalue weighted by molar-refractivity contribution is 5.83. The summed E-state index contributed by atoms with van der Waals surface area (Å²) in [5, 5.41) is 23.4. The van der Waals surface area contributed by atoms with E-state index >= 15 is 0 Å². The van der Waals surface area contributed by atoms with Gasteiger partial charge >= 0.3 is 0 Å². The number of aliphatic hydroxyl groups excluding tert-OH is 2. The lowest BCUT2D eigenvalue weighted by Crippen LogP contribution is -2.34. The molecule has 1 saturated heterocycles. The number of ether oxygens (including phenoxy) is 3. The van der Waals surface area contributed by atoms with Crippen molar-refractivity contribution in [1.82, 2.24) is 19.5 Å². The van der Waals surface area contributed by atoms with Gasteiger partial charge in [-0.15, -0.1) is 0 Å². The second-order valence-electron chi connectivity index (χ2n) is 8.14. The van der Waals surface area contributed by atoms with Crippen LogP contribution in [0.4, 0.5) is 5.82 Å². The van der Waals surface area contributed by atoms with Crippen LogP contribution in [0, 0.1) is 0 Å². The fourth-order valence-electron chi connectivity index (χ4n) is 4.72. The molecule has 2 aromatic heterocycles. The maximum Gasteiger partial charge on any atom is 0.167 e. The largest absolute Gasteiger partial charge is 0.497 e. The molecule has 32 heavy (non-hydrogen) atoms. The molecule has 0 spiro atoms. The van der Waals surface area contributed by atoms with Gasteiger partial charge in [-0.3, -0.25) is 4.57 Å². The van der Waals surface area contributed by atoms with Gasteiger partial charge in [0, 0.05) is 7.11 Å². The first-order valence-corrected chi connectivity index (χ1v) is 10.7. The van der Waals surface area contributed by atoms with Gasteiger partial charge in [0.1, 0.15) is 30.4 Å². The van der Waals surface area contributed by atoms with Gasteiger partial charge in [-0.05, 0) is 42.5 Å². The Morgan fingerprint density at radius 3 is 2.91 bits per heavy atom. The van der Waals surface area contributed by atoms with Gasteiger partial charge in [0.05, 0.1) is 26.1 Å². The number of fused-ring (bicyclic) bond motifs is 2. The smallest absolute Gasteiger partial charge is 0.167 e. The average Bonchev–Trinajstić information content (AvgIpc) is 3.39. The molecular weight excluding hydrogens is 414 g/mol. The van der Waals surface area contributed by atoms with Crippen LogP contribution in [0.1, 0.15) is 36.2 Å². The molecule has 3 heterocycles. The molecule has 1 aromatic carbocycles. The van der Waals surface area contributed by atoms with Crippen LogP contribution >= 0.6 is 0 Å². The molecule has 10 nitrogen and oxygen atoms in total. The molecule has 0 bridgehead atoms. The van der Waals surface area contributed by atoms with Crippen molar-refractivity contribution in [3.05, 3.63) is 42.0 Å². The highest BCUT2D eigenvalue weighted by atomic mass is 16.6. The summed E-state index contributed by atoms with van der Waals surface area (Å²) in [6.45, 7) is -0.308. The zero-order chi connectivity index (χ0) is 22.2. The van der Waals surface area contributed by atoms with Crippen molar-refractivity contribution >= 4 is 17.0 Å². The molecule has 1 aliphatic heterocycles. The van der Waals surface area contributed by atoms with Gasteiger partial charge in [-0.2, -0.15) is 0 Å². The maximum atomic E-state index is 10.4. The lowest BCUT2D eigenvalue weighted by Gasteiger charge is -2.27. The van der Waals surface area contributed by atoms with E-state index in [9.17, 15) is 10.2 Å². The SMILES string of the molecule is COc1ccc2c(c1)CCCC2Nc1ncnc2c1ncn2[C@@H]1O[C@H](CO)[C@@H](O)[C@H]1OC. The first-order chi connectivity index (χ1) is 15.6.